The number of phenols is 1. The molecular formula is C20H29N3O3. The van der Waals surface area contributed by atoms with Gasteiger partial charge in [0, 0.05) is 38.2 Å². The van der Waals surface area contributed by atoms with E-state index in [-0.39, 0.29) is 18.2 Å². The number of ether oxygens (including phenoxy) is 1. The van der Waals surface area contributed by atoms with E-state index < -0.39 is 0 Å². The predicted molar refractivity (Wildman–Crippen MR) is 99.7 cm³/mol. The topological polar surface area (TPSA) is 76.8 Å². The van der Waals surface area contributed by atoms with Gasteiger partial charge in [-0.15, -0.1) is 0 Å². The molecule has 1 aromatic rings. The largest absolute Gasteiger partial charge is 0.507 e. The molecule has 1 amide bonds. The lowest BCUT2D eigenvalue weighted by Crippen LogP contribution is -2.41. The number of nitrogens with zero attached hydrogens (tertiary/aromatic N) is 3. The number of carbonyl (C=O) groups is 1. The summed E-state index contributed by atoms with van der Waals surface area (Å²) in [7, 11) is 3.27. The summed E-state index contributed by atoms with van der Waals surface area (Å²) in [6.07, 6.45) is 2.49. The lowest BCUT2D eigenvalue weighted by molar-refractivity contribution is -0.131. The van der Waals surface area contributed by atoms with Gasteiger partial charge in [-0.1, -0.05) is 19.4 Å². The maximum atomic E-state index is 12.3. The van der Waals surface area contributed by atoms with Gasteiger partial charge < -0.3 is 14.7 Å². The van der Waals surface area contributed by atoms with E-state index in [1.807, 2.05) is 18.2 Å². The number of nitriles is 1. The number of piperidine rings is 1. The summed E-state index contributed by atoms with van der Waals surface area (Å²) in [4.78, 5) is 16.1. The first-order valence-corrected chi connectivity index (χ1v) is 9.17. The van der Waals surface area contributed by atoms with E-state index >= 15 is 0 Å². The van der Waals surface area contributed by atoms with Crippen molar-refractivity contribution in [2.45, 2.75) is 32.7 Å². The van der Waals surface area contributed by atoms with Crippen LogP contribution in [0.1, 0.15) is 31.7 Å². The molecular weight excluding hydrogens is 330 g/mol. The van der Waals surface area contributed by atoms with Crippen LogP contribution in [0, 0.1) is 23.2 Å². The monoisotopic (exact) mass is 359 g/mol. The van der Waals surface area contributed by atoms with Crippen LogP contribution in [0.25, 0.3) is 0 Å². The predicted octanol–water partition coefficient (Wildman–Crippen LogP) is 2.62. The number of rotatable bonds is 7. The van der Waals surface area contributed by atoms with Crippen molar-refractivity contribution < 1.29 is 14.6 Å². The van der Waals surface area contributed by atoms with Gasteiger partial charge in [0.25, 0.3) is 0 Å². The quantitative estimate of drug-likeness (QED) is 0.757. The first-order chi connectivity index (χ1) is 12.5. The van der Waals surface area contributed by atoms with Crippen molar-refractivity contribution in [2.24, 2.45) is 11.8 Å². The molecule has 0 radical (unpaired) electrons. The van der Waals surface area contributed by atoms with Crippen LogP contribution in [-0.4, -0.2) is 54.6 Å². The third-order valence-corrected chi connectivity index (χ3v) is 5.36. The Morgan fingerprint density at radius 1 is 1.46 bits per heavy atom. The highest BCUT2D eigenvalue weighted by Crippen LogP contribution is 2.32. The molecule has 0 saturated carbocycles. The summed E-state index contributed by atoms with van der Waals surface area (Å²) < 4.78 is 5.13. The number of carbonyl (C=O) groups excluding carboxylic acids is 1. The molecule has 0 unspecified atom stereocenters. The van der Waals surface area contributed by atoms with Crippen molar-refractivity contribution in [3.8, 4) is 17.6 Å². The molecule has 142 valence electrons. The second-order valence-corrected chi connectivity index (χ2v) is 7.06. The summed E-state index contributed by atoms with van der Waals surface area (Å²) >= 11 is 0. The van der Waals surface area contributed by atoms with Crippen LogP contribution in [-0.2, 0) is 11.3 Å². The Kier molecular flexibility index (Phi) is 7.28. The fourth-order valence-corrected chi connectivity index (χ4v) is 3.65. The minimum absolute atomic E-state index is 0.0521. The molecule has 2 rings (SSSR count). The molecule has 0 spiro atoms. The summed E-state index contributed by atoms with van der Waals surface area (Å²) in [6.45, 7) is 4.83. The number of likely N-dealkylation sites (tertiary alicyclic amines) is 1. The lowest BCUT2D eigenvalue weighted by atomic mass is 9.81. The summed E-state index contributed by atoms with van der Waals surface area (Å²) in [6, 6.07) is 7.43. The van der Waals surface area contributed by atoms with Crippen LogP contribution in [0.4, 0.5) is 0 Å². The van der Waals surface area contributed by atoms with Gasteiger partial charge in [-0.25, -0.2) is 0 Å². The highest BCUT2D eigenvalue weighted by molar-refractivity contribution is 5.76. The summed E-state index contributed by atoms with van der Waals surface area (Å²) in [5, 5.41) is 18.9. The first-order valence-electron chi connectivity index (χ1n) is 9.17. The smallest absolute Gasteiger partial charge is 0.223 e. The second kappa shape index (κ2) is 9.44. The molecule has 1 aliphatic rings. The van der Waals surface area contributed by atoms with Crippen molar-refractivity contribution in [1.82, 2.24) is 9.80 Å². The Labute approximate surface area is 156 Å². The molecule has 6 nitrogen and oxygen atoms in total. The van der Waals surface area contributed by atoms with Crippen LogP contribution in [0.15, 0.2) is 18.2 Å². The molecule has 2 atom stereocenters. The third kappa shape index (κ3) is 5.12. The average molecular weight is 359 g/mol. The van der Waals surface area contributed by atoms with E-state index in [2.05, 4.69) is 11.8 Å². The van der Waals surface area contributed by atoms with Gasteiger partial charge in [-0.3, -0.25) is 9.69 Å². The van der Waals surface area contributed by atoms with Crippen molar-refractivity contribution in [3.63, 3.8) is 0 Å². The summed E-state index contributed by atoms with van der Waals surface area (Å²) in [5.41, 5.74) is 0.893. The molecule has 6 heteroatoms. The zero-order valence-corrected chi connectivity index (χ0v) is 15.9. The second-order valence-electron chi connectivity index (χ2n) is 7.06. The van der Waals surface area contributed by atoms with Gasteiger partial charge in [-0.2, -0.15) is 5.26 Å². The molecule has 1 N–H and O–H groups in total. The van der Waals surface area contributed by atoms with E-state index in [1.165, 1.54) is 4.90 Å². The number of benzene rings is 1. The SMILES string of the molecule is CC[C@H]1CN(Cc2ccc(OC)cc2O)CC[C@H]1CC(=O)N(C)CC#N. The molecule has 1 aromatic carbocycles. The van der Waals surface area contributed by atoms with E-state index in [9.17, 15) is 9.90 Å². The van der Waals surface area contributed by atoms with Gasteiger partial charge in [0.2, 0.25) is 5.91 Å². The molecule has 1 aliphatic heterocycles. The highest BCUT2D eigenvalue weighted by Gasteiger charge is 2.30. The number of amides is 1. The Hall–Kier alpha value is -2.26. The molecule has 0 bridgehead atoms. The van der Waals surface area contributed by atoms with E-state index in [1.54, 1.807) is 20.2 Å². The van der Waals surface area contributed by atoms with Crippen molar-refractivity contribution in [3.05, 3.63) is 23.8 Å². The Morgan fingerprint density at radius 3 is 2.85 bits per heavy atom. The standard InChI is InChI=1S/C20H29N3O3/c1-4-15-13-23(14-17-5-6-18(26-3)12-19(17)24)9-7-16(15)11-20(25)22(2)10-8-21/h5-6,12,15-16,24H,4,7,9-11,13-14H2,1-3H3/t15-,16-/m0/s1. The number of phenolic OH excluding ortho intramolecular Hbond substituents is 1. The van der Waals surface area contributed by atoms with Gasteiger partial charge >= 0.3 is 0 Å². The zero-order chi connectivity index (χ0) is 19.1. The molecule has 1 saturated heterocycles. The van der Waals surface area contributed by atoms with E-state index in [4.69, 9.17) is 10.00 Å². The van der Waals surface area contributed by atoms with Crippen molar-refractivity contribution >= 4 is 5.91 Å². The maximum Gasteiger partial charge on any atom is 0.223 e. The number of hydrogen-bond acceptors (Lipinski definition) is 5. The number of methoxy groups -OCH3 is 1. The summed E-state index contributed by atoms with van der Waals surface area (Å²) in [5.74, 6) is 1.76. The molecule has 1 heterocycles. The van der Waals surface area contributed by atoms with Gasteiger partial charge in [0.1, 0.15) is 18.0 Å². The van der Waals surface area contributed by atoms with Crippen LogP contribution in [0.5, 0.6) is 11.5 Å². The van der Waals surface area contributed by atoms with Crippen LogP contribution in [0.3, 0.4) is 0 Å². The minimum Gasteiger partial charge on any atom is -0.507 e. The average Bonchev–Trinajstić information content (AvgIpc) is 2.64. The lowest BCUT2D eigenvalue weighted by Gasteiger charge is -2.38. The number of hydrogen-bond donors (Lipinski definition) is 1. The molecule has 0 aliphatic carbocycles. The minimum atomic E-state index is 0.0521. The third-order valence-electron chi connectivity index (χ3n) is 5.36. The maximum absolute atomic E-state index is 12.3. The molecule has 26 heavy (non-hydrogen) atoms. The fourth-order valence-electron chi connectivity index (χ4n) is 3.65. The van der Waals surface area contributed by atoms with Crippen molar-refractivity contribution in [2.75, 3.05) is 33.8 Å². The van der Waals surface area contributed by atoms with Crippen LogP contribution in [0.2, 0.25) is 0 Å². The Morgan fingerprint density at radius 2 is 2.23 bits per heavy atom. The Balaban J connectivity index is 1.95. The van der Waals surface area contributed by atoms with E-state index in [0.29, 0.717) is 30.6 Å². The van der Waals surface area contributed by atoms with Crippen LogP contribution >= 0.6 is 0 Å². The van der Waals surface area contributed by atoms with Gasteiger partial charge in [0.15, 0.2) is 0 Å². The van der Waals surface area contributed by atoms with Gasteiger partial charge in [0.05, 0.1) is 13.2 Å². The first kappa shape index (κ1) is 20.1. The Bertz CT molecular complexity index is 656. The highest BCUT2D eigenvalue weighted by atomic mass is 16.5. The van der Waals surface area contributed by atoms with Crippen LogP contribution < -0.4 is 4.74 Å². The van der Waals surface area contributed by atoms with Crippen molar-refractivity contribution in [1.29, 1.82) is 5.26 Å². The molecule has 0 aromatic heterocycles. The normalized spacial score (nSPS) is 20.4. The molecule has 1 fully saturated rings. The zero-order valence-electron chi connectivity index (χ0n) is 15.9. The number of aromatic hydroxyl groups is 1. The fraction of sp³-hybridized carbons (Fsp3) is 0.600. The van der Waals surface area contributed by atoms with E-state index in [0.717, 1.165) is 31.5 Å². The van der Waals surface area contributed by atoms with Gasteiger partial charge in [-0.05, 0) is 30.9 Å².